The molecule has 0 spiro atoms. The summed E-state index contributed by atoms with van der Waals surface area (Å²) in [7, 11) is 0. The normalized spacial score (nSPS) is 22.4. The lowest BCUT2D eigenvalue weighted by Gasteiger charge is -1.90. The fourth-order valence-electron chi connectivity index (χ4n) is 0.775. The third kappa shape index (κ3) is 1.78. The molecular formula is C9H10O2. The Labute approximate surface area is 66.5 Å². The molecule has 1 fully saturated rings. The predicted octanol–water partition coefficient (Wildman–Crippen LogP) is 1.80. The molecule has 0 N–H and O–H groups in total. The first-order chi connectivity index (χ1) is 5.38. The monoisotopic (exact) mass is 150 g/mol. The Morgan fingerprint density at radius 3 is 2.73 bits per heavy atom. The Hall–Kier alpha value is -1.36. The number of rotatable bonds is 0. The van der Waals surface area contributed by atoms with Crippen LogP contribution in [0.15, 0.2) is 23.7 Å². The Morgan fingerprint density at radius 2 is 2.09 bits per heavy atom. The molecule has 0 amide bonds. The molecule has 0 aliphatic carbocycles. The van der Waals surface area contributed by atoms with Gasteiger partial charge in [0.25, 0.3) is 0 Å². The van der Waals surface area contributed by atoms with Crippen molar-refractivity contribution in [1.29, 1.82) is 0 Å². The number of hydrogen-bond acceptors (Lipinski definition) is 2. The maximum absolute atomic E-state index is 5.13. The molecule has 1 aliphatic heterocycles. The summed E-state index contributed by atoms with van der Waals surface area (Å²) in [4.78, 5) is 0. The van der Waals surface area contributed by atoms with Crippen LogP contribution in [-0.4, -0.2) is 6.79 Å². The van der Waals surface area contributed by atoms with Gasteiger partial charge in [-0.1, -0.05) is 5.92 Å². The van der Waals surface area contributed by atoms with Crippen LogP contribution in [0.1, 0.15) is 13.8 Å². The molecule has 0 unspecified atom stereocenters. The summed E-state index contributed by atoms with van der Waals surface area (Å²) in [6.45, 7) is 3.98. The van der Waals surface area contributed by atoms with Crippen molar-refractivity contribution >= 4 is 0 Å². The first-order valence-corrected chi connectivity index (χ1v) is 3.43. The molecule has 11 heavy (non-hydrogen) atoms. The second kappa shape index (κ2) is 3.72. The zero-order chi connectivity index (χ0) is 8.10. The molecule has 0 aromatic carbocycles. The van der Waals surface area contributed by atoms with Gasteiger partial charge in [-0.25, -0.2) is 0 Å². The van der Waals surface area contributed by atoms with Crippen molar-refractivity contribution in [2.24, 2.45) is 0 Å². The van der Waals surface area contributed by atoms with Crippen molar-refractivity contribution in [1.82, 2.24) is 0 Å². The number of allylic oxidation sites excluding steroid dienone is 2. The largest absolute Gasteiger partial charge is 0.454 e. The van der Waals surface area contributed by atoms with Crippen LogP contribution in [0.2, 0.25) is 0 Å². The van der Waals surface area contributed by atoms with Crippen LogP contribution in [-0.2, 0) is 9.47 Å². The van der Waals surface area contributed by atoms with E-state index in [2.05, 4.69) is 11.8 Å². The van der Waals surface area contributed by atoms with E-state index < -0.39 is 0 Å². The minimum absolute atomic E-state index is 0.302. The molecular weight excluding hydrogens is 140 g/mol. The molecule has 0 aromatic heterocycles. The molecule has 0 aromatic rings. The number of ether oxygens (including phenoxy) is 2. The summed E-state index contributed by atoms with van der Waals surface area (Å²) in [5, 5.41) is 0. The van der Waals surface area contributed by atoms with Gasteiger partial charge in [-0.05, 0) is 19.9 Å². The van der Waals surface area contributed by atoms with Gasteiger partial charge in [0.15, 0.2) is 11.5 Å². The van der Waals surface area contributed by atoms with Crippen molar-refractivity contribution in [2.75, 3.05) is 6.79 Å². The lowest BCUT2D eigenvalue weighted by atomic mass is 10.3. The number of hydrogen-bond donors (Lipinski definition) is 0. The molecule has 1 saturated heterocycles. The van der Waals surface area contributed by atoms with Gasteiger partial charge in [-0.3, -0.25) is 0 Å². The molecule has 2 nitrogen and oxygen atoms in total. The maximum Gasteiger partial charge on any atom is 0.231 e. The van der Waals surface area contributed by atoms with Gasteiger partial charge in [0.1, 0.15) is 0 Å². The lowest BCUT2D eigenvalue weighted by Crippen LogP contribution is -1.79. The van der Waals surface area contributed by atoms with Gasteiger partial charge in [0.2, 0.25) is 6.79 Å². The molecule has 1 aliphatic rings. The van der Waals surface area contributed by atoms with Crippen LogP contribution in [0.25, 0.3) is 0 Å². The molecule has 0 saturated carbocycles. The van der Waals surface area contributed by atoms with E-state index in [1.165, 1.54) is 0 Å². The second-order valence-electron chi connectivity index (χ2n) is 1.96. The Balaban J connectivity index is 2.76. The van der Waals surface area contributed by atoms with Crippen molar-refractivity contribution in [3.05, 3.63) is 23.7 Å². The SMILES string of the molecule is CC#C/C=C1/OCO/C1=C/C. The highest BCUT2D eigenvalue weighted by molar-refractivity contribution is 5.29. The van der Waals surface area contributed by atoms with Crippen LogP contribution in [0.4, 0.5) is 0 Å². The summed E-state index contributed by atoms with van der Waals surface area (Å²) < 4.78 is 10.2. The maximum atomic E-state index is 5.13. The van der Waals surface area contributed by atoms with Crippen LogP contribution >= 0.6 is 0 Å². The average molecular weight is 150 g/mol. The Kier molecular flexibility index (Phi) is 2.62. The van der Waals surface area contributed by atoms with E-state index in [0.29, 0.717) is 6.79 Å². The standard InChI is InChI=1S/C9H10O2/c1-3-5-6-9-8(4-2)10-7-11-9/h4,6H,7H2,1-2H3/b8-4+,9-6+. The quantitative estimate of drug-likeness (QED) is 0.490. The van der Waals surface area contributed by atoms with Gasteiger partial charge in [-0.2, -0.15) is 0 Å². The van der Waals surface area contributed by atoms with Gasteiger partial charge in [0.05, 0.1) is 0 Å². The van der Waals surface area contributed by atoms with Gasteiger partial charge >= 0.3 is 0 Å². The highest BCUT2D eigenvalue weighted by Crippen LogP contribution is 2.19. The zero-order valence-corrected chi connectivity index (χ0v) is 6.68. The zero-order valence-electron chi connectivity index (χ0n) is 6.68. The van der Waals surface area contributed by atoms with E-state index in [9.17, 15) is 0 Å². The molecule has 0 radical (unpaired) electrons. The average Bonchev–Trinajstić information content (AvgIpc) is 2.47. The van der Waals surface area contributed by atoms with E-state index in [-0.39, 0.29) is 0 Å². The molecule has 2 heteroatoms. The fourth-order valence-corrected chi connectivity index (χ4v) is 0.775. The van der Waals surface area contributed by atoms with Crippen LogP contribution in [0, 0.1) is 11.8 Å². The molecule has 0 bridgehead atoms. The molecule has 1 heterocycles. The molecule has 58 valence electrons. The third-order valence-electron chi connectivity index (χ3n) is 1.28. The van der Waals surface area contributed by atoms with E-state index in [1.807, 2.05) is 13.0 Å². The topological polar surface area (TPSA) is 18.5 Å². The minimum Gasteiger partial charge on any atom is -0.454 e. The van der Waals surface area contributed by atoms with E-state index in [4.69, 9.17) is 9.47 Å². The van der Waals surface area contributed by atoms with Crippen LogP contribution in [0.5, 0.6) is 0 Å². The third-order valence-corrected chi connectivity index (χ3v) is 1.28. The summed E-state index contributed by atoms with van der Waals surface area (Å²) in [6, 6.07) is 0. The van der Waals surface area contributed by atoms with Crippen molar-refractivity contribution in [3.63, 3.8) is 0 Å². The molecule has 0 atom stereocenters. The summed E-state index contributed by atoms with van der Waals surface area (Å²) in [5.41, 5.74) is 0. The first kappa shape index (κ1) is 7.74. The van der Waals surface area contributed by atoms with Gasteiger partial charge in [0, 0.05) is 6.08 Å². The Morgan fingerprint density at radius 1 is 1.36 bits per heavy atom. The van der Waals surface area contributed by atoms with Crippen molar-refractivity contribution in [3.8, 4) is 11.8 Å². The molecule has 1 rings (SSSR count). The summed E-state index contributed by atoms with van der Waals surface area (Å²) in [5.74, 6) is 7.04. The highest BCUT2D eigenvalue weighted by atomic mass is 16.7. The minimum atomic E-state index is 0.302. The van der Waals surface area contributed by atoms with Crippen molar-refractivity contribution in [2.45, 2.75) is 13.8 Å². The second-order valence-corrected chi connectivity index (χ2v) is 1.96. The first-order valence-electron chi connectivity index (χ1n) is 3.43. The fraction of sp³-hybridized carbons (Fsp3) is 0.333. The predicted molar refractivity (Wildman–Crippen MR) is 42.3 cm³/mol. The summed E-state index contributed by atoms with van der Waals surface area (Å²) in [6.07, 6.45) is 3.57. The van der Waals surface area contributed by atoms with Crippen LogP contribution in [0.3, 0.4) is 0 Å². The van der Waals surface area contributed by atoms with Gasteiger partial charge < -0.3 is 9.47 Å². The van der Waals surface area contributed by atoms with Crippen molar-refractivity contribution < 1.29 is 9.47 Å². The lowest BCUT2D eigenvalue weighted by molar-refractivity contribution is 0.0976. The van der Waals surface area contributed by atoms with Gasteiger partial charge in [-0.15, -0.1) is 5.92 Å². The highest BCUT2D eigenvalue weighted by Gasteiger charge is 2.13. The smallest absolute Gasteiger partial charge is 0.231 e. The van der Waals surface area contributed by atoms with E-state index in [1.54, 1.807) is 13.0 Å². The summed E-state index contributed by atoms with van der Waals surface area (Å²) >= 11 is 0. The van der Waals surface area contributed by atoms with Crippen LogP contribution < -0.4 is 0 Å². The van der Waals surface area contributed by atoms with E-state index >= 15 is 0 Å². The van der Waals surface area contributed by atoms with E-state index in [0.717, 1.165) is 11.5 Å². The Bertz CT molecular complexity index is 250.